The minimum Gasteiger partial charge on any atom is -0.396 e. The Balaban J connectivity index is 1.62. The maximum absolute atomic E-state index is 9.71. The van der Waals surface area contributed by atoms with Crippen molar-refractivity contribution in [3.63, 3.8) is 0 Å². The molecule has 2 atom stereocenters. The van der Waals surface area contributed by atoms with Gasteiger partial charge in [-0.3, -0.25) is 0 Å². The Kier molecular flexibility index (Phi) is 6.46. The molecule has 0 radical (unpaired) electrons. The van der Waals surface area contributed by atoms with E-state index in [0.29, 0.717) is 11.8 Å². The van der Waals surface area contributed by atoms with Gasteiger partial charge in [0.05, 0.1) is 12.3 Å². The summed E-state index contributed by atoms with van der Waals surface area (Å²) in [6.07, 6.45) is 2.33. The average Bonchev–Trinajstić information content (AvgIpc) is 2.99. The first kappa shape index (κ1) is 18.1. The highest BCUT2D eigenvalue weighted by Gasteiger charge is 2.30. The molecule has 0 bridgehead atoms. The van der Waals surface area contributed by atoms with Gasteiger partial charge >= 0.3 is 0 Å². The Morgan fingerprint density at radius 3 is 2.75 bits per heavy atom. The summed E-state index contributed by atoms with van der Waals surface area (Å²) in [5, 5.41) is 21.9. The largest absolute Gasteiger partial charge is 0.396 e. The fourth-order valence-electron chi connectivity index (χ4n) is 3.90. The van der Waals surface area contributed by atoms with Crippen LogP contribution in [0.2, 0.25) is 0 Å². The van der Waals surface area contributed by atoms with E-state index in [1.807, 2.05) is 5.38 Å². The molecular formula is C17H30N4O2S. The lowest BCUT2D eigenvalue weighted by molar-refractivity contribution is 0.155. The van der Waals surface area contributed by atoms with E-state index in [2.05, 4.69) is 26.7 Å². The maximum atomic E-state index is 9.71. The van der Waals surface area contributed by atoms with Crippen LogP contribution in [0.25, 0.3) is 0 Å². The fraction of sp³-hybridized carbons (Fsp3) is 0.824. The van der Waals surface area contributed by atoms with Crippen LogP contribution in [-0.4, -0.2) is 84.5 Å². The second kappa shape index (κ2) is 8.58. The fourth-order valence-corrected chi connectivity index (χ4v) is 4.74. The van der Waals surface area contributed by atoms with Gasteiger partial charge in [0.15, 0.2) is 5.13 Å². The van der Waals surface area contributed by atoms with Crippen LogP contribution in [0.3, 0.4) is 0 Å². The zero-order chi connectivity index (χ0) is 16.9. The molecule has 3 heterocycles. The van der Waals surface area contributed by atoms with Crippen molar-refractivity contribution in [2.24, 2.45) is 11.8 Å². The van der Waals surface area contributed by atoms with Gasteiger partial charge in [0.2, 0.25) is 0 Å². The molecule has 2 aliphatic rings. The SMILES string of the molecule is CN1CCCN(C[C@H]2C[C@H](CO)CN(c3nc(CO)cs3)C2)CC1. The van der Waals surface area contributed by atoms with Crippen LogP contribution in [0.5, 0.6) is 0 Å². The molecule has 24 heavy (non-hydrogen) atoms. The van der Waals surface area contributed by atoms with E-state index in [9.17, 15) is 10.2 Å². The predicted molar refractivity (Wildman–Crippen MR) is 97.5 cm³/mol. The summed E-state index contributed by atoms with van der Waals surface area (Å²) in [5.41, 5.74) is 0.744. The van der Waals surface area contributed by atoms with Crippen LogP contribution < -0.4 is 4.90 Å². The van der Waals surface area contributed by atoms with Gasteiger partial charge in [-0.25, -0.2) is 4.98 Å². The molecule has 0 amide bonds. The highest BCUT2D eigenvalue weighted by atomic mass is 32.1. The van der Waals surface area contributed by atoms with Crippen molar-refractivity contribution in [3.8, 4) is 0 Å². The highest BCUT2D eigenvalue weighted by molar-refractivity contribution is 7.13. The number of hydrogen-bond acceptors (Lipinski definition) is 7. The molecule has 2 aliphatic heterocycles. The Hall–Kier alpha value is -0.730. The zero-order valence-electron chi connectivity index (χ0n) is 14.6. The summed E-state index contributed by atoms with van der Waals surface area (Å²) in [4.78, 5) is 11.8. The van der Waals surface area contributed by atoms with E-state index < -0.39 is 0 Å². The highest BCUT2D eigenvalue weighted by Crippen LogP contribution is 2.29. The van der Waals surface area contributed by atoms with Gasteiger partial charge in [-0.15, -0.1) is 11.3 Å². The average molecular weight is 355 g/mol. The van der Waals surface area contributed by atoms with Crippen molar-refractivity contribution >= 4 is 16.5 Å². The number of rotatable bonds is 5. The van der Waals surface area contributed by atoms with Crippen LogP contribution in [0.4, 0.5) is 5.13 Å². The third-order valence-electron chi connectivity index (χ3n) is 5.18. The molecule has 1 aromatic rings. The van der Waals surface area contributed by atoms with Gasteiger partial charge in [-0.2, -0.15) is 0 Å². The van der Waals surface area contributed by atoms with Gasteiger partial charge in [0, 0.05) is 44.7 Å². The number of hydrogen-bond donors (Lipinski definition) is 2. The third-order valence-corrected chi connectivity index (χ3v) is 6.13. The zero-order valence-corrected chi connectivity index (χ0v) is 15.4. The van der Waals surface area contributed by atoms with Gasteiger partial charge in [0.25, 0.3) is 0 Å². The Labute approximate surface area is 148 Å². The summed E-state index contributed by atoms with van der Waals surface area (Å²) in [7, 11) is 2.20. The second-order valence-electron chi connectivity index (χ2n) is 7.29. The molecule has 2 N–H and O–H groups in total. The van der Waals surface area contributed by atoms with Crippen molar-refractivity contribution in [1.29, 1.82) is 0 Å². The molecule has 2 fully saturated rings. The molecule has 3 rings (SSSR count). The topological polar surface area (TPSA) is 63.1 Å². The van der Waals surface area contributed by atoms with Crippen LogP contribution >= 0.6 is 11.3 Å². The summed E-state index contributed by atoms with van der Waals surface area (Å²) in [6, 6.07) is 0. The molecule has 1 aromatic heterocycles. The predicted octanol–water partition coefficient (Wildman–Crippen LogP) is 0.708. The smallest absolute Gasteiger partial charge is 0.185 e. The Morgan fingerprint density at radius 2 is 2.00 bits per heavy atom. The number of anilines is 1. The molecule has 7 heteroatoms. The number of likely N-dealkylation sites (N-methyl/N-ethyl adjacent to an activating group) is 1. The number of nitrogens with zero attached hydrogens (tertiary/aromatic N) is 4. The minimum atomic E-state index is -0.00150. The molecule has 0 saturated carbocycles. The molecule has 0 spiro atoms. The van der Waals surface area contributed by atoms with Gasteiger partial charge in [-0.05, 0) is 44.8 Å². The number of thiazole rings is 1. The second-order valence-corrected chi connectivity index (χ2v) is 8.13. The molecule has 0 unspecified atom stereocenters. The Morgan fingerprint density at radius 1 is 1.17 bits per heavy atom. The normalized spacial score (nSPS) is 27.4. The van der Waals surface area contributed by atoms with Crippen LogP contribution in [-0.2, 0) is 6.61 Å². The lowest BCUT2D eigenvalue weighted by Gasteiger charge is -2.39. The van der Waals surface area contributed by atoms with Crippen molar-refractivity contribution in [3.05, 3.63) is 11.1 Å². The van der Waals surface area contributed by atoms with Crippen LogP contribution in [0.15, 0.2) is 5.38 Å². The monoisotopic (exact) mass is 354 g/mol. The van der Waals surface area contributed by atoms with E-state index in [0.717, 1.165) is 50.0 Å². The summed E-state index contributed by atoms with van der Waals surface area (Å²) >= 11 is 1.60. The van der Waals surface area contributed by atoms with Crippen molar-refractivity contribution in [1.82, 2.24) is 14.8 Å². The molecule has 0 aliphatic carbocycles. The molecule has 0 aromatic carbocycles. The molecule has 2 saturated heterocycles. The maximum Gasteiger partial charge on any atom is 0.185 e. The third kappa shape index (κ3) is 4.67. The number of aliphatic hydroxyl groups excluding tert-OH is 2. The molecular weight excluding hydrogens is 324 g/mol. The lowest BCUT2D eigenvalue weighted by atomic mass is 9.89. The summed E-state index contributed by atoms with van der Waals surface area (Å²) in [5.74, 6) is 0.890. The lowest BCUT2D eigenvalue weighted by Crippen LogP contribution is -2.46. The first-order valence-corrected chi connectivity index (χ1v) is 9.88. The van der Waals surface area contributed by atoms with Crippen LogP contribution in [0.1, 0.15) is 18.5 Å². The van der Waals surface area contributed by atoms with Crippen LogP contribution in [0, 0.1) is 11.8 Å². The van der Waals surface area contributed by atoms with E-state index in [1.165, 1.54) is 19.5 Å². The number of aliphatic hydroxyl groups is 2. The standard InChI is InChI=1S/C17H30N4O2S/c1-19-3-2-4-20(6-5-19)8-14-7-15(11-22)10-21(9-14)17-18-16(12-23)13-24-17/h13-15,22-23H,2-12H2,1H3/t14-,15+/m1/s1. The summed E-state index contributed by atoms with van der Waals surface area (Å²) in [6.45, 7) is 7.88. The van der Waals surface area contributed by atoms with Gasteiger partial charge in [-0.1, -0.05) is 0 Å². The molecule has 136 valence electrons. The molecule has 6 nitrogen and oxygen atoms in total. The van der Waals surface area contributed by atoms with Crippen molar-refractivity contribution < 1.29 is 10.2 Å². The van der Waals surface area contributed by atoms with Crippen molar-refractivity contribution in [2.75, 3.05) is 64.4 Å². The summed E-state index contributed by atoms with van der Waals surface area (Å²) < 4.78 is 0. The van der Waals surface area contributed by atoms with E-state index in [4.69, 9.17) is 0 Å². The first-order chi connectivity index (χ1) is 11.7. The van der Waals surface area contributed by atoms with Crippen molar-refractivity contribution in [2.45, 2.75) is 19.4 Å². The van der Waals surface area contributed by atoms with E-state index in [1.54, 1.807) is 11.3 Å². The number of aromatic nitrogens is 1. The van der Waals surface area contributed by atoms with E-state index in [-0.39, 0.29) is 13.2 Å². The van der Waals surface area contributed by atoms with E-state index >= 15 is 0 Å². The van der Waals surface area contributed by atoms with Gasteiger partial charge in [0.1, 0.15) is 0 Å². The minimum absolute atomic E-state index is 0.00150. The number of piperidine rings is 1. The quantitative estimate of drug-likeness (QED) is 0.812. The van der Waals surface area contributed by atoms with Gasteiger partial charge < -0.3 is 24.9 Å². The first-order valence-electron chi connectivity index (χ1n) is 9.00. The Bertz CT molecular complexity index is 513.